The Kier molecular flexibility index (Phi) is 5.25. The van der Waals surface area contributed by atoms with Gasteiger partial charge in [0.1, 0.15) is 6.54 Å². The molecule has 0 atom stereocenters. The molecule has 0 bridgehead atoms. The summed E-state index contributed by atoms with van der Waals surface area (Å²) in [5.74, 6) is 0.471. The van der Waals surface area contributed by atoms with Gasteiger partial charge in [-0.05, 0) is 25.5 Å². The number of carbonyl (C=O) groups is 1. The molecule has 1 heterocycles. The predicted octanol–water partition coefficient (Wildman–Crippen LogP) is 1.26. The fourth-order valence-electron chi connectivity index (χ4n) is 1.37. The van der Waals surface area contributed by atoms with Gasteiger partial charge in [0.2, 0.25) is 0 Å². The van der Waals surface area contributed by atoms with Crippen LogP contribution in [0.4, 0.5) is 5.82 Å². The number of ether oxygens (including phenoxy) is 1. The molecule has 5 heteroatoms. The third-order valence-electron chi connectivity index (χ3n) is 2.00. The Morgan fingerprint density at radius 3 is 2.88 bits per heavy atom. The molecule has 0 aliphatic heterocycles. The summed E-state index contributed by atoms with van der Waals surface area (Å²) in [6.45, 7) is 5.23. The fraction of sp³-hybridized carbons (Fsp3) is 0.545. The number of aromatic nitrogens is 2. The summed E-state index contributed by atoms with van der Waals surface area (Å²) in [6.07, 6.45) is 2.55. The van der Waals surface area contributed by atoms with Crippen molar-refractivity contribution in [2.24, 2.45) is 0 Å². The first kappa shape index (κ1) is 12.4. The molecule has 0 unspecified atom stereocenters. The van der Waals surface area contributed by atoms with E-state index >= 15 is 0 Å². The van der Waals surface area contributed by atoms with Crippen molar-refractivity contribution in [3.8, 4) is 0 Å². The van der Waals surface area contributed by atoms with Crippen LogP contribution in [-0.4, -0.2) is 35.9 Å². The second-order valence-electron chi connectivity index (χ2n) is 3.31. The molecule has 0 aromatic carbocycles. The highest BCUT2D eigenvalue weighted by Gasteiger charge is 2.12. The highest BCUT2D eigenvalue weighted by atomic mass is 16.5. The number of carbonyl (C=O) groups excluding carboxylic acids is 1. The number of anilines is 1. The lowest BCUT2D eigenvalue weighted by Crippen LogP contribution is -2.32. The summed E-state index contributed by atoms with van der Waals surface area (Å²) < 4.78 is 4.91. The molecule has 88 valence electrons. The van der Waals surface area contributed by atoms with Crippen molar-refractivity contribution in [1.29, 1.82) is 0 Å². The third-order valence-corrected chi connectivity index (χ3v) is 2.00. The maximum Gasteiger partial charge on any atom is 0.325 e. The Balaban J connectivity index is 2.64. The Labute approximate surface area is 95.4 Å². The topological polar surface area (TPSA) is 55.3 Å². The van der Waals surface area contributed by atoms with E-state index in [1.165, 1.54) is 0 Å². The lowest BCUT2D eigenvalue weighted by molar-refractivity contribution is -0.141. The zero-order chi connectivity index (χ0) is 11.8. The summed E-state index contributed by atoms with van der Waals surface area (Å²) in [4.78, 5) is 13.3. The van der Waals surface area contributed by atoms with Gasteiger partial charge in [0, 0.05) is 12.7 Å². The quantitative estimate of drug-likeness (QED) is 0.679. The molecule has 0 aliphatic carbocycles. The maximum absolute atomic E-state index is 11.4. The summed E-state index contributed by atoms with van der Waals surface area (Å²) in [5.41, 5.74) is 0. The van der Waals surface area contributed by atoms with E-state index in [1.54, 1.807) is 19.2 Å². The SMILES string of the molecule is CCCN(CC(=O)OCC)c1cccnn1. The van der Waals surface area contributed by atoms with Gasteiger partial charge in [-0.25, -0.2) is 0 Å². The zero-order valence-electron chi connectivity index (χ0n) is 9.72. The minimum Gasteiger partial charge on any atom is -0.465 e. The summed E-state index contributed by atoms with van der Waals surface area (Å²) in [7, 11) is 0. The summed E-state index contributed by atoms with van der Waals surface area (Å²) in [5, 5.41) is 7.78. The second-order valence-corrected chi connectivity index (χ2v) is 3.31. The first-order chi connectivity index (χ1) is 7.77. The van der Waals surface area contributed by atoms with Crippen LogP contribution in [0.1, 0.15) is 20.3 Å². The van der Waals surface area contributed by atoms with E-state index in [-0.39, 0.29) is 12.5 Å². The van der Waals surface area contributed by atoms with Crippen LogP contribution in [0.3, 0.4) is 0 Å². The normalized spacial score (nSPS) is 9.88. The van der Waals surface area contributed by atoms with Gasteiger partial charge in [-0.15, -0.1) is 5.10 Å². The van der Waals surface area contributed by atoms with Gasteiger partial charge in [-0.3, -0.25) is 4.79 Å². The second kappa shape index (κ2) is 6.76. The minimum atomic E-state index is -0.235. The molecule has 0 fully saturated rings. The number of nitrogens with zero attached hydrogens (tertiary/aromatic N) is 3. The molecule has 0 saturated heterocycles. The molecule has 16 heavy (non-hydrogen) atoms. The van der Waals surface area contributed by atoms with Crippen LogP contribution >= 0.6 is 0 Å². The van der Waals surface area contributed by atoms with E-state index in [1.807, 2.05) is 11.0 Å². The van der Waals surface area contributed by atoms with Gasteiger partial charge in [-0.2, -0.15) is 5.10 Å². The van der Waals surface area contributed by atoms with Gasteiger partial charge < -0.3 is 9.64 Å². The van der Waals surface area contributed by atoms with Crippen molar-refractivity contribution in [2.45, 2.75) is 20.3 Å². The fourth-order valence-corrected chi connectivity index (χ4v) is 1.37. The maximum atomic E-state index is 11.4. The highest BCUT2D eigenvalue weighted by molar-refractivity contribution is 5.75. The molecule has 0 amide bonds. The highest BCUT2D eigenvalue weighted by Crippen LogP contribution is 2.08. The Hall–Kier alpha value is -1.65. The van der Waals surface area contributed by atoms with Gasteiger partial charge in [0.25, 0.3) is 0 Å². The van der Waals surface area contributed by atoms with Crippen LogP contribution in [0.5, 0.6) is 0 Å². The summed E-state index contributed by atoms with van der Waals surface area (Å²) >= 11 is 0. The van der Waals surface area contributed by atoms with Gasteiger partial charge >= 0.3 is 5.97 Å². The molecule has 0 spiro atoms. The van der Waals surface area contributed by atoms with Gasteiger partial charge in [0.15, 0.2) is 5.82 Å². The molecule has 5 nitrogen and oxygen atoms in total. The first-order valence-electron chi connectivity index (χ1n) is 5.46. The average molecular weight is 223 g/mol. The zero-order valence-corrected chi connectivity index (χ0v) is 9.72. The van der Waals surface area contributed by atoms with Crippen molar-refractivity contribution >= 4 is 11.8 Å². The van der Waals surface area contributed by atoms with Gasteiger partial charge in [-0.1, -0.05) is 6.92 Å². The van der Waals surface area contributed by atoms with Crippen LogP contribution in [0.2, 0.25) is 0 Å². The lowest BCUT2D eigenvalue weighted by atomic mass is 10.4. The standard InChI is InChI=1S/C11H17N3O2/c1-3-8-14(9-11(15)16-4-2)10-6-5-7-12-13-10/h5-7H,3-4,8-9H2,1-2H3. The first-order valence-corrected chi connectivity index (χ1v) is 5.46. The molecule has 0 N–H and O–H groups in total. The molecular weight excluding hydrogens is 206 g/mol. The number of hydrogen-bond acceptors (Lipinski definition) is 5. The Morgan fingerprint density at radius 1 is 1.50 bits per heavy atom. The van der Waals surface area contributed by atoms with Crippen molar-refractivity contribution < 1.29 is 9.53 Å². The van der Waals surface area contributed by atoms with E-state index in [9.17, 15) is 4.79 Å². The van der Waals surface area contributed by atoms with Gasteiger partial charge in [0.05, 0.1) is 6.61 Å². The van der Waals surface area contributed by atoms with Crippen LogP contribution in [0.25, 0.3) is 0 Å². The average Bonchev–Trinajstić information content (AvgIpc) is 2.30. The molecular formula is C11H17N3O2. The van der Waals surface area contributed by atoms with E-state index < -0.39 is 0 Å². The van der Waals surface area contributed by atoms with E-state index in [0.29, 0.717) is 12.4 Å². The minimum absolute atomic E-state index is 0.223. The third kappa shape index (κ3) is 3.84. The van der Waals surface area contributed by atoms with E-state index in [2.05, 4.69) is 17.1 Å². The van der Waals surface area contributed by atoms with Crippen LogP contribution < -0.4 is 4.90 Å². The van der Waals surface area contributed by atoms with Crippen LogP contribution in [0, 0.1) is 0 Å². The predicted molar refractivity (Wildman–Crippen MR) is 61.2 cm³/mol. The smallest absolute Gasteiger partial charge is 0.325 e. The molecule has 1 aromatic rings. The lowest BCUT2D eigenvalue weighted by Gasteiger charge is -2.20. The monoisotopic (exact) mass is 223 g/mol. The molecule has 0 radical (unpaired) electrons. The number of rotatable bonds is 6. The summed E-state index contributed by atoms with van der Waals surface area (Å²) in [6, 6.07) is 3.64. The van der Waals surface area contributed by atoms with Crippen molar-refractivity contribution in [2.75, 3.05) is 24.6 Å². The van der Waals surface area contributed by atoms with E-state index in [0.717, 1.165) is 13.0 Å². The number of hydrogen-bond donors (Lipinski definition) is 0. The molecule has 1 aromatic heterocycles. The van der Waals surface area contributed by atoms with Crippen LogP contribution in [0.15, 0.2) is 18.3 Å². The van der Waals surface area contributed by atoms with Crippen molar-refractivity contribution in [3.05, 3.63) is 18.3 Å². The molecule has 0 aliphatic rings. The Bertz CT molecular complexity index is 316. The Morgan fingerprint density at radius 2 is 2.31 bits per heavy atom. The van der Waals surface area contributed by atoms with Crippen molar-refractivity contribution in [1.82, 2.24) is 10.2 Å². The number of esters is 1. The van der Waals surface area contributed by atoms with E-state index in [4.69, 9.17) is 4.74 Å². The van der Waals surface area contributed by atoms with Crippen LogP contribution in [-0.2, 0) is 9.53 Å². The largest absolute Gasteiger partial charge is 0.465 e. The van der Waals surface area contributed by atoms with Crippen molar-refractivity contribution in [3.63, 3.8) is 0 Å². The molecule has 0 saturated carbocycles. The molecule has 1 rings (SSSR count).